The molecule has 0 N–H and O–H groups in total. The monoisotopic (exact) mass is 390 g/mol. The van der Waals surface area contributed by atoms with E-state index in [0.717, 1.165) is 17.1 Å². The summed E-state index contributed by atoms with van der Waals surface area (Å²) >= 11 is 7.60. The van der Waals surface area contributed by atoms with Gasteiger partial charge in [0.25, 0.3) is 0 Å². The van der Waals surface area contributed by atoms with Crippen molar-refractivity contribution in [3.05, 3.63) is 53.1 Å². The summed E-state index contributed by atoms with van der Waals surface area (Å²) < 4.78 is 12.4. The molecule has 0 saturated carbocycles. The molecule has 0 bridgehead atoms. The molecule has 0 saturated heterocycles. The van der Waals surface area contributed by atoms with Crippen molar-refractivity contribution in [2.45, 2.75) is 23.8 Å². The number of hydrogen-bond acceptors (Lipinski definition) is 6. The van der Waals surface area contributed by atoms with Crippen LogP contribution in [0.25, 0.3) is 5.69 Å². The quantitative estimate of drug-likeness (QED) is 0.550. The third-order valence-electron chi connectivity index (χ3n) is 3.92. The molecular weight excluding hydrogens is 372 g/mol. The lowest BCUT2D eigenvalue weighted by Gasteiger charge is -2.15. The molecule has 3 aromatic rings. The van der Waals surface area contributed by atoms with Gasteiger partial charge in [-0.2, -0.15) is 4.68 Å². The van der Waals surface area contributed by atoms with Crippen LogP contribution < -0.4 is 9.47 Å². The van der Waals surface area contributed by atoms with Gasteiger partial charge in [-0.15, -0.1) is 5.10 Å². The van der Waals surface area contributed by atoms with Gasteiger partial charge < -0.3 is 9.47 Å². The Morgan fingerprint density at radius 1 is 1.12 bits per heavy atom. The van der Waals surface area contributed by atoms with E-state index in [2.05, 4.69) is 22.4 Å². The number of methoxy groups -OCH3 is 2. The highest BCUT2D eigenvalue weighted by Crippen LogP contribution is 2.38. The lowest BCUT2D eigenvalue weighted by molar-refractivity contribution is 0.399. The molecule has 0 aliphatic rings. The molecule has 0 fully saturated rings. The maximum atomic E-state index is 6.00. The summed E-state index contributed by atoms with van der Waals surface area (Å²) in [5.41, 5.74) is 1.90. The SMILES string of the molecule is CCC(Sc1nnnn1-c1cc(OC)ccc1OC)c1ccc(Cl)cc1. The molecule has 6 nitrogen and oxygen atoms in total. The molecule has 1 aromatic heterocycles. The molecule has 1 unspecified atom stereocenters. The molecule has 0 radical (unpaired) electrons. The Bertz CT molecular complexity index is 870. The predicted molar refractivity (Wildman–Crippen MR) is 103 cm³/mol. The standard InChI is InChI=1S/C18H19ClN4O2S/c1-4-17(12-5-7-13(19)8-6-12)26-18-20-21-22-23(18)15-11-14(24-2)9-10-16(15)25-3/h5-11,17H,4H2,1-3H3. The average Bonchev–Trinajstić information content (AvgIpc) is 3.14. The minimum absolute atomic E-state index is 0.202. The van der Waals surface area contributed by atoms with Gasteiger partial charge in [0.1, 0.15) is 17.2 Å². The van der Waals surface area contributed by atoms with Gasteiger partial charge in [-0.3, -0.25) is 0 Å². The first kappa shape index (κ1) is 18.5. The number of hydrogen-bond donors (Lipinski definition) is 0. The Morgan fingerprint density at radius 3 is 2.54 bits per heavy atom. The fourth-order valence-corrected chi connectivity index (χ4v) is 3.72. The van der Waals surface area contributed by atoms with Gasteiger partial charge in [0.05, 0.1) is 14.2 Å². The molecule has 1 atom stereocenters. The van der Waals surface area contributed by atoms with Crippen LogP contribution >= 0.6 is 23.4 Å². The zero-order valence-electron chi connectivity index (χ0n) is 14.7. The van der Waals surface area contributed by atoms with Crippen molar-refractivity contribution in [1.29, 1.82) is 0 Å². The second kappa shape index (κ2) is 8.42. The van der Waals surface area contributed by atoms with E-state index in [9.17, 15) is 0 Å². The van der Waals surface area contributed by atoms with E-state index in [1.807, 2.05) is 42.5 Å². The molecule has 0 amide bonds. The number of halogens is 1. The summed E-state index contributed by atoms with van der Waals surface area (Å²) in [5, 5.41) is 13.8. The van der Waals surface area contributed by atoms with Crippen LogP contribution in [0, 0.1) is 0 Å². The summed E-state index contributed by atoms with van der Waals surface area (Å²) in [4.78, 5) is 0. The number of nitrogens with zero attached hydrogens (tertiary/aromatic N) is 4. The van der Waals surface area contributed by atoms with Crippen LogP contribution in [0.2, 0.25) is 5.02 Å². The van der Waals surface area contributed by atoms with Crippen LogP contribution in [-0.4, -0.2) is 34.4 Å². The minimum Gasteiger partial charge on any atom is -0.497 e. The highest BCUT2D eigenvalue weighted by molar-refractivity contribution is 7.99. The van der Waals surface area contributed by atoms with Crippen LogP contribution in [0.4, 0.5) is 0 Å². The predicted octanol–water partition coefficient (Wildman–Crippen LogP) is 4.58. The van der Waals surface area contributed by atoms with Gasteiger partial charge in [-0.05, 0) is 46.7 Å². The van der Waals surface area contributed by atoms with Crippen molar-refractivity contribution in [2.24, 2.45) is 0 Å². The van der Waals surface area contributed by atoms with Crippen LogP contribution in [0.5, 0.6) is 11.5 Å². The summed E-state index contributed by atoms with van der Waals surface area (Å²) in [6.07, 6.45) is 0.925. The number of ether oxygens (including phenoxy) is 2. The van der Waals surface area contributed by atoms with Crippen molar-refractivity contribution in [3.8, 4) is 17.2 Å². The first-order chi connectivity index (χ1) is 12.7. The number of benzene rings is 2. The van der Waals surface area contributed by atoms with Gasteiger partial charge in [-0.25, -0.2) is 0 Å². The van der Waals surface area contributed by atoms with Gasteiger partial charge in [0.15, 0.2) is 0 Å². The zero-order valence-corrected chi connectivity index (χ0v) is 16.3. The Hall–Kier alpha value is -2.25. The molecule has 8 heteroatoms. The van der Waals surface area contributed by atoms with Gasteiger partial charge in [0.2, 0.25) is 5.16 Å². The smallest absolute Gasteiger partial charge is 0.214 e. The summed E-state index contributed by atoms with van der Waals surface area (Å²) in [6, 6.07) is 13.4. The van der Waals surface area contributed by atoms with Crippen molar-refractivity contribution in [1.82, 2.24) is 20.2 Å². The number of aromatic nitrogens is 4. The van der Waals surface area contributed by atoms with Gasteiger partial charge in [-0.1, -0.05) is 42.4 Å². The fourth-order valence-electron chi connectivity index (χ4n) is 2.56. The second-order valence-electron chi connectivity index (χ2n) is 5.48. The molecule has 0 aliphatic heterocycles. The van der Waals surface area contributed by atoms with Crippen LogP contribution in [0.3, 0.4) is 0 Å². The Balaban J connectivity index is 1.94. The maximum Gasteiger partial charge on any atom is 0.214 e. The van der Waals surface area contributed by atoms with Crippen molar-refractivity contribution in [2.75, 3.05) is 14.2 Å². The molecular formula is C18H19ClN4O2S. The highest BCUT2D eigenvalue weighted by Gasteiger charge is 2.19. The molecule has 26 heavy (non-hydrogen) atoms. The van der Waals surface area contributed by atoms with E-state index in [1.165, 1.54) is 5.56 Å². The van der Waals surface area contributed by atoms with Gasteiger partial charge >= 0.3 is 0 Å². The maximum absolute atomic E-state index is 6.00. The van der Waals surface area contributed by atoms with E-state index >= 15 is 0 Å². The Kier molecular flexibility index (Phi) is 6.00. The van der Waals surface area contributed by atoms with E-state index in [1.54, 1.807) is 30.7 Å². The first-order valence-electron chi connectivity index (χ1n) is 8.09. The van der Waals surface area contributed by atoms with Crippen LogP contribution in [0.15, 0.2) is 47.6 Å². The van der Waals surface area contributed by atoms with E-state index in [0.29, 0.717) is 16.7 Å². The van der Waals surface area contributed by atoms with Crippen molar-refractivity contribution in [3.63, 3.8) is 0 Å². The number of rotatable bonds is 7. The normalized spacial score (nSPS) is 12.0. The zero-order chi connectivity index (χ0) is 18.5. The summed E-state index contributed by atoms with van der Waals surface area (Å²) in [6.45, 7) is 2.13. The second-order valence-corrected chi connectivity index (χ2v) is 7.08. The molecule has 136 valence electrons. The van der Waals surface area contributed by atoms with E-state index < -0.39 is 0 Å². The lowest BCUT2D eigenvalue weighted by atomic mass is 10.1. The Morgan fingerprint density at radius 2 is 1.88 bits per heavy atom. The first-order valence-corrected chi connectivity index (χ1v) is 9.35. The molecule has 1 heterocycles. The minimum atomic E-state index is 0.202. The third kappa shape index (κ3) is 3.94. The van der Waals surface area contributed by atoms with Crippen molar-refractivity contribution >= 4 is 23.4 Å². The topological polar surface area (TPSA) is 62.1 Å². The molecule has 0 aliphatic carbocycles. The van der Waals surface area contributed by atoms with Crippen molar-refractivity contribution < 1.29 is 9.47 Å². The summed E-state index contributed by atoms with van der Waals surface area (Å²) in [5.74, 6) is 1.37. The largest absolute Gasteiger partial charge is 0.497 e. The molecule has 3 rings (SSSR count). The number of tetrazole rings is 1. The van der Waals surface area contributed by atoms with Gasteiger partial charge in [0, 0.05) is 16.3 Å². The molecule has 0 spiro atoms. The summed E-state index contributed by atoms with van der Waals surface area (Å²) in [7, 11) is 3.24. The van der Waals surface area contributed by atoms with Crippen LogP contribution in [0.1, 0.15) is 24.2 Å². The Labute approximate surface area is 161 Å². The molecule has 2 aromatic carbocycles. The fraction of sp³-hybridized carbons (Fsp3) is 0.278. The lowest BCUT2D eigenvalue weighted by Crippen LogP contribution is -2.04. The number of thioether (sulfide) groups is 1. The third-order valence-corrected chi connectivity index (χ3v) is 5.52. The van der Waals surface area contributed by atoms with E-state index in [4.69, 9.17) is 21.1 Å². The highest BCUT2D eigenvalue weighted by atomic mass is 35.5. The van der Waals surface area contributed by atoms with Crippen LogP contribution in [-0.2, 0) is 0 Å². The van der Waals surface area contributed by atoms with E-state index in [-0.39, 0.29) is 5.25 Å². The average molecular weight is 391 g/mol.